The van der Waals surface area contributed by atoms with Gasteiger partial charge in [-0.2, -0.15) is 0 Å². The topological polar surface area (TPSA) is 187 Å². The summed E-state index contributed by atoms with van der Waals surface area (Å²) >= 11 is 0. The number of nitrogens with one attached hydrogen (secondary N) is 3. The second-order valence-corrected chi connectivity index (χ2v) is 15.4. The molecule has 0 aromatic heterocycles. The van der Waals surface area contributed by atoms with Gasteiger partial charge in [0.25, 0.3) is 5.91 Å². The largest absolute Gasteiger partial charge is 0.457 e. The molecular weight excluding hydrogens is 632 g/mol. The van der Waals surface area contributed by atoms with Crippen LogP contribution in [0, 0.1) is 5.92 Å². The quantitative estimate of drug-likeness (QED) is 0.295. The van der Waals surface area contributed by atoms with Crippen LogP contribution >= 0.6 is 0 Å². The highest BCUT2D eigenvalue weighted by molar-refractivity contribution is 7.91. The van der Waals surface area contributed by atoms with Crippen LogP contribution in [0.2, 0.25) is 0 Å². The molecule has 4 aliphatic rings. The summed E-state index contributed by atoms with van der Waals surface area (Å²) in [6, 6.07) is 5.77. The number of carbonyl (C=O) groups is 5. The average molecular weight is 675 g/mol. The molecule has 3 N–H and O–H groups in total. The zero-order valence-corrected chi connectivity index (χ0v) is 27.5. The number of hydrogen-bond donors (Lipinski definition) is 3. The number of alkyl carbamates (subject to hydrolysis) is 1. The number of benzene rings is 1. The molecule has 2 aliphatic heterocycles. The van der Waals surface area contributed by atoms with Gasteiger partial charge in [0.05, 0.1) is 24.0 Å². The maximum absolute atomic E-state index is 14.1. The van der Waals surface area contributed by atoms with Crippen LogP contribution < -0.4 is 15.4 Å². The van der Waals surface area contributed by atoms with Crippen molar-refractivity contribution in [2.75, 3.05) is 19.8 Å². The predicted octanol–water partition coefficient (Wildman–Crippen LogP) is 1.56. The molecule has 2 heterocycles. The van der Waals surface area contributed by atoms with Crippen molar-refractivity contribution < 1.29 is 46.6 Å². The Labute approximate surface area is 274 Å². The van der Waals surface area contributed by atoms with Gasteiger partial charge in [0.1, 0.15) is 29.3 Å². The second kappa shape index (κ2) is 13.6. The van der Waals surface area contributed by atoms with Crippen molar-refractivity contribution in [2.24, 2.45) is 5.92 Å². The van der Waals surface area contributed by atoms with Gasteiger partial charge in [-0.15, -0.1) is 0 Å². The Kier molecular flexibility index (Phi) is 9.96. The Morgan fingerprint density at radius 1 is 1.11 bits per heavy atom. The Balaban J connectivity index is 1.42. The molecule has 0 spiro atoms. The lowest BCUT2D eigenvalue weighted by Gasteiger charge is -2.30. The van der Waals surface area contributed by atoms with Crippen molar-refractivity contribution in [1.82, 2.24) is 20.3 Å². The third-order valence-corrected chi connectivity index (χ3v) is 10.2. The van der Waals surface area contributed by atoms with Gasteiger partial charge in [-0.3, -0.25) is 19.1 Å². The molecule has 2 aliphatic carbocycles. The van der Waals surface area contributed by atoms with E-state index in [0.717, 1.165) is 0 Å². The van der Waals surface area contributed by atoms with Crippen LogP contribution in [-0.2, 0) is 38.6 Å². The maximum atomic E-state index is 14.1. The van der Waals surface area contributed by atoms with E-state index in [1.54, 1.807) is 57.2 Å². The first-order chi connectivity index (χ1) is 22.2. The van der Waals surface area contributed by atoms with Gasteiger partial charge in [-0.25, -0.2) is 18.0 Å². The molecule has 1 aromatic carbocycles. The Morgan fingerprint density at radius 2 is 1.83 bits per heavy atom. The number of allylic oxidation sites excluding steroid dienone is 1. The van der Waals surface area contributed by atoms with Gasteiger partial charge in [0.2, 0.25) is 21.8 Å². The third-order valence-electron chi connectivity index (χ3n) is 8.40. The lowest BCUT2D eigenvalue weighted by atomic mass is 10.1. The Hall–Kier alpha value is -3.98. The van der Waals surface area contributed by atoms with E-state index in [-0.39, 0.29) is 38.2 Å². The number of carbonyl (C=O) groups excluding carboxylic acids is 5. The molecule has 2 saturated carbocycles. The lowest BCUT2D eigenvalue weighted by molar-refractivity contribution is -0.142. The first-order valence-electron chi connectivity index (χ1n) is 15.9. The molecule has 0 unspecified atom stereocenters. The SMILES string of the molecule is CC(C)(C)OC(=O)N[C@H]1COCCC/C=C\[C@H]2C[C@@]2(C(=O)NS(=O)(=O)C2CC2)NC(=O)[C@@H]2C[C@@H](OC(=O)c3ccccc3)CN2C1=O. The molecule has 5 rings (SSSR count). The fraction of sp³-hybridized carbons (Fsp3) is 0.594. The standard InChI is InChI=1S/C32H42N4O10S/c1-31(2,3)46-30(41)33-24-19-44-15-9-5-8-12-21-17-32(21,29(40)35-47(42,43)23-13-14-23)34-26(37)25-16-22(18-36(25)27(24)38)45-28(39)20-10-6-4-7-11-20/h4,6-8,10-12,21-25H,5,9,13-19H2,1-3H3,(H,33,41)(H,34,37)(H,35,40)/b12-8-/t21-,22+,24-,25-,32+/m0/s1. The third kappa shape index (κ3) is 8.49. The highest BCUT2D eigenvalue weighted by Crippen LogP contribution is 2.46. The van der Waals surface area contributed by atoms with Crippen LogP contribution in [0.1, 0.15) is 69.7 Å². The van der Waals surface area contributed by atoms with Crippen LogP contribution in [-0.4, -0.2) is 97.4 Å². The van der Waals surface area contributed by atoms with Crippen molar-refractivity contribution >= 4 is 39.8 Å². The monoisotopic (exact) mass is 674 g/mol. The number of amides is 4. The molecule has 256 valence electrons. The predicted molar refractivity (Wildman–Crippen MR) is 167 cm³/mol. The molecule has 1 saturated heterocycles. The number of hydrogen-bond acceptors (Lipinski definition) is 10. The molecule has 4 amide bonds. The van der Waals surface area contributed by atoms with Crippen LogP contribution in [0.4, 0.5) is 4.79 Å². The normalized spacial score (nSPS) is 29.1. The minimum absolute atomic E-state index is 0.102. The minimum atomic E-state index is -3.90. The maximum Gasteiger partial charge on any atom is 0.408 e. The van der Waals surface area contributed by atoms with E-state index in [2.05, 4.69) is 15.4 Å². The van der Waals surface area contributed by atoms with E-state index >= 15 is 0 Å². The first kappa shape index (κ1) is 34.4. The summed E-state index contributed by atoms with van der Waals surface area (Å²) in [6.45, 7) is 4.88. The molecular formula is C32H42N4O10S. The van der Waals surface area contributed by atoms with Crippen molar-refractivity contribution in [3.63, 3.8) is 0 Å². The molecule has 1 aromatic rings. The van der Waals surface area contributed by atoms with Gasteiger partial charge in [-0.1, -0.05) is 30.4 Å². The zero-order valence-electron chi connectivity index (χ0n) is 26.7. The number of rotatable bonds is 6. The summed E-state index contributed by atoms with van der Waals surface area (Å²) in [5.41, 5.74) is -2.12. The number of fused-ring (bicyclic) bond motifs is 2. The summed E-state index contributed by atoms with van der Waals surface area (Å²) in [5.74, 6) is -3.37. The van der Waals surface area contributed by atoms with E-state index in [0.29, 0.717) is 25.7 Å². The molecule has 5 atom stereocenters. The average Bonchev–Trinajstić information content (AvgIpc) is 3.92. The van der Waals surface area contributed by atoms with Gasteiger partial charge in [0, 0.05) is 18.9 Å². The van der Waals surface area contributed by atoms with Gasteiger partial charge in [-0.05, 0) is 65.0 Å². The van der Waals surface area contributed by atoms with E-state index in [1.165, 1.54) is 4.90 Å². The number of sulfonamides is 1. The van der Waals surface area contributed by atoms with Crippen LogP contribution in [0.25, 0.3) is 0 Å². The van der Waals surface area contributed by atoms with E-state index in [9.17, 15) is 32.4 Å². The smallest absolute Gasteiger partial charge is 0.408 e. The zero-order chi connectivity index (χ0) is 34.0. The minimum Gasteiger partial charge on any atom is -0.457 e. The Bertz CT molecular complexity index is 1520. The number of ether oxygens (including phenoxy) is 3. The summed E-state index contributed by atoms with van der Waals surface area (Å²) in [5, 5.41) is 4.66. The number of esters is 1. The molecule has 14 nitrogen and oxygen atoms in total. The summed E-state index contributed by atoms with van der Waals surface area (Å²) < 4.78 is 44.3. The Morgan fingerprint density at radius 3 is 2.51 bits per heavy atom. The lowest BCUT2D eigenvalue weighted by Crippen LogP contribution is -2.59. The van der Waals surface area contributed by atoms with Crippen LogP contribution in [0.3, 0.4) is 0 Å². The van der Waals surface area contributed by atoms with E-state index in [4.69, 9.17) is 14.2 Å². The van der Waals surface area contributed by atoms with Crippen molar-refractivity contribution in [2.45, 2.75) is 93.9 Å². The highest BCUT2D eigenvalue weighted by atomic mass is 32.2. The van der Waals surface area contributed by atoms with Crippen molar-refractivity contribution in [3.8, 4) is 0 Å². The molecule has 15 heteroatoms. The van der Waals surface area contributed by atoms with Gasteiger partial charge in [0.15, 0.2) is 0 Å². The van der Waals surface area contributed by atoms with Crippen LogP contribution in [0.5, 0.6) is 0 Å². The first-order valence-corrected chi connectivity index (χ1v) is 17.4. The fourth-order valence-corrected chi connectivity index (χ4v) is 7.09. The molecule has 0 bridgehead atoms. The van der Waals surface area contributed by atoms with E-state index in [1.807, 2.05) is 6.08 Å². The number of nitrogens with zero attached hydrogens (tertiary/aromatic N) is 1. The second-order valence-electron chi connectivity index (χ2n) is 13.4. The van der Waals surface area contributed by atoms with Crippen molar-refractivity contribution in [3.05, 3.63) is 48.0 Å². The van der Waals surface area contributed by atoms with Crippen molar-refractivity contribution in [1.29, 1.82) is 0 Å². The fourth-order valence-electron chi connectivity index (χ4n) is 5.73. The molecule has 0 radical (unpaired) electrons. The molecule has 3 fully saturated rings. The summed E-state index contributed by atoms with van der Waals surface area (Å²) in [4.78, 5) is 68.4. The van der Waals surface area contributed by atoms with Gasteiger partial charge < -0.3 is 29.7 Å². The molecule has 47 heavy (non-hydrogen) atoms. The van der Waals surface area contributed by atoms with Crippen LogP contribution in [0.15, 0.2) is 42.5 Å². The highest BCUT2D eigenvalue weighted by Gasteiger charge is 2.62. The summed E-state index contributed by atoms with van der Waals surface area (Å²) in [6.07, 6.45) is 3.93. The summed E-state index contributed by atoms with van der Waals surface area (Å²) in [7, 11) is -3.90. The van der Waals surface area contributed by atoms with Gasteiger partial charge >= 0.3 is 12.1 Å². The van der Waals surface area contributed by atoms with E-state index < -0.39 is 80.3 Å².